The Labute approximate surface area is 164 Å². The fourth-order valence-electron chi connectivity index (χ4n) is 2.92. The van der Waals surface area contributed by atoms with E-state index in [4.69, 9.17) is 5.14 Å². The minimum Gasteiger partial charge on any atom is -0.262 e. The lowest BCUT2D eigenvalue weighted by Gasteiger charge is -2.14. The monoisotopic (exact) mass is 402 g/mol. The normalized spacial score (nSPS) is 12.9. The molecule has 4 N–H and O–H groups in total. The van der Waals surface area contributed by atoms with Gasteiger partial charge in [-0.15, -0.1) is 11.3 Å². The van der Waals surface area contributed by atoms with Crippen molar-refractivity contribution in [3.63, 3.8) is 0 Å². The van der Waals surface area contributed by atoms with Gasteiger partial charge in [0.15, 0.2) is 6.04 Å². The van der Waals surface area contributed by atoms with Crippen molar-refractivity contribution in [3.8, 4) is 0 Å². The largest absolute Gasteiger partial charge is 0.273 e. The molecule has 0 amide bonds. The molecule has 3 rings (SSSR count). The molecule has 0 radical (unpaired) electrons. The van der Waals surface area contributed by atoms with Crippen LogP contribution in [0.3, 0.4) is 0 Å². The highest BCUT2D eigenvalue weighted by Crippen LogP contribution is 2.29. The van der Waals surface area contributed by atoms with E-state index in [0.717, 1.165) is 12.0 Å². The number of hydrogen-bond donors (Lipinski definition) is 2. The number of rotatable bonds is 7. The number of aromatic amines is 1. The summed E-state index contributed by atoms with van der Waals surface area (Å²) in [6.45, 7) is 4.43. The fourth-order valence-corrected chi connectivity index (χ4v) is 4.21. The maximum absolute atomic E-state index is 11.4. The molecule has 2 aromatic heterocycles. The van der Waals surface area contributed by atoms with E-state index in [2.05, 4.69) is 54.5 Å². The number of H-pyrrole nitrogens is 1. The lowest BCUT2D eigenvalue weighted by Crippen LogP contribution is -2.21. The van der Waals surface area contributed by atoms with Crippen molar-refractivity contribution in [3.05, 3.63) is 76.1 Å². The molecular formula is C20H24N3O2S2+. The van der Waals surface area contributed by atoms with E-state index in [1.807, 2.05) is 11.4 Å². The molecule has 27 heavy (non-hydrogen) atoms. The van der Waals surface area contributed by atoms with Crippen LogP contribution >= 0.6 is 11.3 Å². The molecule has 0 spiro atoms. The summed E-state index contributed by atoms with van der Waals surface area (Å²) in [7, 11) is -3.72. The van der Waals surface area contributed by atoms with Gasteiger partial charge in [-0.25, -0.2) is 18.5 Å². The Bertz CT molecular complexity index is 965. The standard InChI is InChI=1S/C20H23N3O2S2/c1-14(2)12-15-5-7-16(8-6-15)20(18-4-3-11-26-18)23-19-10-9-17(13-22-19)27(21,24)25/h3-11,13-14,20H,12H2,1-2H3,(H,22,23)(H2,21,24,25)/p+1/t20-/m1/s1. The Morgan fingerprint density at radius 3 is 2.37 bits per heavy atom. The number of nitrogens with two attached hydrogens (primary N) is 1. The van der Waals surface area contributed by atoms with Gasteiger partial charge in [-0.2, -0.15) is 0 Å². The van der Waals surface area contributed by atoms with Gasteiger partial charge in [-0.05, 0) is 35.4 Å². The molecule has 2 heterocycles. The van der Waals surface area contributed by atoms with Crippen molar-refractivity contribution in [1.82, 2.24) is 0 Å². The summed E-state index contributed by atoms with van der Waals surface area (Å²) in [5.74, 6) is 1.33. The third-order valence-corrected chi connectivity index (χ3v) is 6.05. The number of thiophene rings is 1. The first-order valence-electron chi connectivity index (χ1n) is 8.76. The summed E-state index contributed by atoms with van der Waals surface area (Å²) in [6.07, 6.45) is 2.45. The molecule has 0 saturated carbocycles. The third-order valence-electron chi connectivity index (χ3n) is 4.20. The molecule has 0 bridgehead atoms. The van der Waals surface area contributed by atoms with E-state index < -0.39 is 10.0 Å². The second-order valence-electron chi connectivity index (χ2n) is 6.92. The average Bonchev–Trinajstić information content (AvgIpc) is 3.14. The van der Waals surface area contributed by atoms with Crippen LogP contribution in [-0.2, 0) is 16.4 Å². The molecule has 0 aliphatic heterocycles. The van der Waals surface area contributed by atoms with Crippen LogP contribution in [0.5, 0.6) is 0 Å². The molecular weight excluding hydrogens is 378 g/mol. The van der Waals surface area contributed by atoms with Crippen molar-refractivity contribution < 1.29 is 13.4 Å². The first-order chi connectivity index (χ1) is 12.8. The first-order valence-corrected chi connectivity index (χ1v) is 11.2. The quantitative estimate of drug-likeness (QED) is 0.633. The van der Waals surface area contributed by atoms with Crippen LogP contribution in [0.4, 0.5) is 5.82 Å². The van der Waals surface area contributed by atoms with Crippen LogP contribution in [0.15, 0.2) is 65.0 Å². The number of primary sulfonamides is 1. The zero-order valence-electron chi connectivity index (χ0n) is 15.3. The molecule has 3 aromatic rings. The van der Waals surface area contributed by atoms with Gasteiger partial charge >= 0.3 is 0 Å². The van der Waals surface area contributed by atoms with Gasteiger partial charge < -0.3 is 0 Å². The predicted octanol–water partition coefficient (Wildman–Crippen LogP) is 3.61. The van der Waals surface area contributed by atoms with E-state index in [1.165, 1.54) is 22.7 Å². The highest BCUT2D eigenvalue weighted by Gasteiger charge is 2.21. The minimum absolute atomic E-state index is 0.0327. The Balaban J connectivity index is 1.86. The number of benzene rings is 1. The second-order valence-corrected chi connectivity index (χ2v) is 9.46. The number of anilines is 1. The molecule has 0 fully saturated rings. The summed E-state index contributed by atoms with van der Waals surface area (Å²) in [5, 5.41) is 10.7. The van der Waals surface area contributed by atoms with Crippen LogP contribution in [0, 0.1) is 5.92 Å². The number of hydrogen-bond acceptors (Lipinski definition) is 4. The summed E-state index contributed by atoms with van der Waals surface area (Å²) >= 11 is 1.68. The van der Waals surface area contributed by atoms with E-state index in [0.29, 0.717) is 11.7 Å². The molecule has 142 valence electrons. The van der Waals surface area contributed by atoms with Crippen LogP contribution < -0.4 is 15.4 Å². The van der Waals surface area contributed by atoms with Crippen molar-refractivity contribution in [1.29, 1.82) is 0 Å². The van der Waals surface area contributed by atoms with Gasteiger partial charge in [0.2, 0.25) is 10.0 Å². The lowest BCUT2D eigenvalue weighted by molar-refractivity contribution is -0.364. The topological polar surface area (TPSA) is 86.3 Å². The van der Waals surface area contributed by atoms with E-state index >= 15 is 0 Å². The molecule has 0 unspecified atom stereocenters. The van der Waals surface area contributed by atoms with Crippen molar-refractivity contribution >= 4 is 27.2 Å². The number of sulfonamides is 1. The Morgan fingerprint density at radius 2 is 1.85 bits per heavy atom. The maximum Gasteiger partial charge on any atom is 0.273 e. The second kappa shape index (κ2) is 8.21. The van der Waals surface area contributed by atoms with Crippen LogP contribution in [0.25, 0.3) is 0 Å². The smallest absolute Gasteiger partial charge is 0.262 e. The highest BCUT2D eigenvalue weighted by atomic mass is 32.2. The molecule has 7 heteroatoms. The minimum atomic E-state index is -3.72. The summed E-state index contributed by atoms with van der Waals surface area (Å²) < 4.78 is 22.8. The van der Waals surface area contributed by atoms with Gasteiger partial charge in [-0.1, -0.05) is 44.2 Å². The van der Waals surface area contributed by atoms with Crippen molar-refractivity contribution in [2.45, 2.75) is 31.2 Å². The number of pyridine rings is 1. The van der Waals surface area contributed by atoms with Gasteiger partial charge in [0.05, 0.1) is 4.88 Å². The fraction of sp³-hybridized carbons (Fsp3) is 0.250. The Kier molecular flexibility index (Phi) is 5.94. The van der Waals surface area contributed by atoms with Crippen LogP contribution in [-0.4, -0.2) is 8.42 Å². The zero-order valence-corrected chi connectivity index (χ0v) is 17.0. The van der Waals surface area contributed by atoms with E-state index in [1.54, 1.807) is 17.4 Å². The predicted molar refractivity (Wildman–Crippen MR) is 109 cm³/mol. The van der Waals surface area contributed by atoms with Crippen LogP contribution in [0.2, 0.25) is 0 Å². The van der Waals surface area contributed by atoms with Gasteiger partial charge in [-0.3, -0.25) is 5.32 Å². The van der Waals surface area contributed by atoms with E-state index in [9.17, 15) is 8.42 Å². The summed E-state index contributed by atoms with van der Waals surface area (Å²) in [5.41, 5.74) is 2.47. The zero-order chi connectivity index (χ0) is 19.4. The average molecular weight is 403 g/mol. The van der Waals surface area contributed by atoms with Crippen LogP contribution in [0.1, 0.15) is 35.9 Å². The van der Waals surface area contributed by atoms with Gasteiger partial charge in [0.25, 0.3) is 5.82 Å². The molecule has 0 aliphatic rings. The number of aromatic nitrogens is 1. The molecule has 5 nitrogen and oxygen atoms in total. The Morgan fingerprint density at radius 1 is 1.11 bits per heavy atom. The van der Waals surface area contributed by atoms with Gasteiger partial charge in [0.1, 0.15) is 11.1 Å². The Hall–Kier alpha value is -2.22. The van der Waals surface area contributed by atoms with Gasteiger partial charge in [0, 0.05) is 11.6 Å². The molecule has 1 aromatic carbocycles. The maximum atomic E-state index is 11.4. The summed E-state index contributed by atoms with van der Waals surface area (Å²) in [4.78, 5) is 4.21. The first kappa shape index (κ1) is 19.5. The van der Waals surface area contributed by atoms with Crippen molar-refractivity contribution in [2.24, 2.45) is 11.1 Å². The molecule has 0 saturated heterocycles. The number of nitrogens with one attached hydrogen (secondary N) is 2. The van der Waals surface area contributed by atoms with Crippen molar-refractivity contribution in [2.75, 3.05) is 5.32 Å². The highest BCUT2D eigenvalue weighted by molar-refractivity contribution is 7.89. The van der Waals surface area contributed by atoms with E-state index in [-0.39, 0.29) is 10.9 Å². The third kappa shape index (κ3) is 5.15. The SMILES string of the molecule is CC(C)Cc1ccc([C@@H](Nc2ccc(S(N)(=O)=O)c[nH+]2)c2cccs2)cc1. The molecule has 1 atom stereocenters. The summed E-state index contributed by atoms with van der Waals surface area (Å²) in [6, 6.07) is 15.9. The lowest BCUT2D eigenvalue weighted by atomic mass is 9.99. The molecule has 0 aliphatic carbocycles.